The van der Waals surface area contributed by atoms with E-state index in [2.05, 4.69) is 10.6 Å². The van der Waals surface area contributed by atoms with Crippen molar-refractivity contribution in [1.82, 2.24) is 10.6 Å². The van der Waals surface area contributed by atoms with E-state index in [9.17, 15) is 22.2 Å². The van der Waals surface area contributed by atoms with Gasteiger partial charge in [0, 0.05) is 18.8 Å². The number of hydrogen-bond donors (Lipinski definition) is 3. The molecule has 0 heterocycles. The van der Waals surface area contributed by atoms with Gasteiger partial charge in [0.15, 0.2) is 0 Å². The molecule has 0 radical (unpaired) electrons. The molecule has 0 aliphatic heterocycles. The van der Waals surface area contributed by atoms with E-state index in [-0.39, 0.29) is 19.7 Å². The van der Waals surface area contributed by atoms with Crippen molar-refractivity contribution in [3.05, 3.63) is 35.4 Å². The second-order valence-corrected chi connectivity index (χ2v) is 5.59. The third-order valence-corrected chi connectivity index (χ3v) is 3.65. The Morgan fingerprint density at radius 2 is 1.81 bits per heavy atom. The van der Waals surface area contributed by atoms with Crippen LogP contribution in [0.1, 0.15) is 11.1 Å². The van der Waals surface area contributed by atoms with Gasteiger partial charge in [0.1, 0.15) is 10.8 Å². The molecule has 3 N–H and O–H groups in total. The number of rotatable bonds is 6. The Labute approximate surface area is 122 Å². The normalized spacial score (nSPS) is 12.8. The number of benzene rings is 1. The van der Waals surface area contributed by atoms with Crippen molar-refractivity contribution >= 4 is 16.8 Å². The molecule has 0 aliphatic carbocycles. The topological polar surface area (TPSA) is 78.4 Å². The monoisotopic (exact) mass is 324 g/mol. The molecule has 0 fully saturated rings. The minimum atomic E-state index is -4.77. The summed E-state index contributed by atoms with van der Waals surface area (Å²) in [6.07, 6.45) is 0. The largest absolute Gasteiger partial charge is 0.471 e. The summed E-state index contributed by atoms with van der Waals surface area (Å²) in [6, 6.07) is 6.22. The van der Waals surface area contributed by atoms with E-state index in [1.165, 1.54) is 0 Å². The van der Waals surface area contributed by atoms with Crippen LogP contribution in [0.3, 0.4) is 0 Å². The van der Waals surface area contributed by atoms with Gasteiger partial charge in [-0.3, -0.25) is 4.21 Å². The molecule has 0 saturated heterocycles. The van der Waals surface area contributed by atoms with Gasteiger partial charge in [-0.05, 0) is 11.1 Å². The highest BCUT2D eigenvalue weighted by atomic mass is 32.2. The van der Waals surface area contributed by atoms with Crippen molar-refractivity contribution < 1.29 is 27.3 Å². The van der Waals surface area contributed by atoms with Crippen LogP contribution in [0.15, 0.2) is 24.3 Å². The molecule has 5 nitrogen and oxygen atoms in total. The predicted octanol–water partition coefficient (Wildman–Crippen LogP) is 1.25. The van der Waals surface area contributed by atoms with Crippen LogP contribution < -0.4 is 10.6 Å². The zero-order valence-corrected chi connectivity index (χ0v) is 11.8. The highest BCUT2D eigenvalue weighted by molar-refractivity contribution is 7.85. The van der Waals surface area contributed by atoms with Gasteiger partial charge in [0.25, 0.3) is 0 Å². The second-order valence-electron chi connectivity index (χ2n) is 4.03. The fourth-order valence-electron chi connectivity index (χ4n) is 1.50. The fourth-order valence-corrected chi connectivity index (χ4v) is 2.01. The lowest BCUT2D eigenvalue weighted by atomic mass is 10.1. The molecule has 21 heavy (non-hydrogen) atoms. The van der Waals surface area contributed by atoms with Gasteiger partial charge in [-0.25, -0.2) is 4.79 Å². The minimum Gasteiger partial charge on any atom is -0.392 e. The first kappa shape index (κ1) is 17.4. The Kier molecular flexibility index (Phi) is 6.63. The average molecular weight is 324 g/mol. The number of halogens is 3. The van der Waals surface area contributed by atoms with Gasteiger partial charge < -0.3 is 15.7 Å². The summed E-state index contributed by atoms with van der Waals surface area (Å²) in [4.78, 5) is 11.4. The van der Waals surface area contributed by atoms with Crippen LogP contribution in [0.5, 0.6) is 0 Å². The standard InChI is InChI=1S/C12H15F3N2O3S/c13-12(14,15)21(20)6-5-16-11(19)17-7-9-3-1-2-4-10(9)8-18/h1-4,18H,5-8H2,(H2,16,17,19). The molecule has 0 bridgehead atoms. The first-order valence-electron chi connectivity index (χ1n) is 5.99. The van der Waals surface area contributed by atoms with Crippen molar-refractivity contribution in [3.63, 3.8) is 0 Å². The smallest absolute Gasteiger partial charge is 0.392 e. The number of hydrogen-bond acceptors (Lipinski definition) is 3. The summed E-state index contributed by atoms with van der Waals surface area (Å²) >= 11 is 0. The van der Waals surface area contributed by atoms with E-state index in [4.69, 9.17) is 5.11 Å². The Bertz CT molecular complexity index is 509. The molecule has 0 spiro atoms. The van der Waals surface area contributed by atoms with E-state index in [1.807, 2.05) is 0 Å². The lowest BCUT2D eigenvalue weighted by Crippen LogP contribution is -2.38. The third kappa shape index (κ3) is 6.13. The number of aliphatic hydroxyl groups excluding tert-OH is 1. The maximum atomic E-state index is 12.0. The zero-order chi connectivity index (χ0) is 15.9. The van der Waals surface area contributed by atoms with Gasteiger partial charge in [-0.1, -0.05) is 24.3 Å². The number of aliphatic hydroxyl groups is 1. The SMILES string of the molecule is O=C(NCCS(=O)C(F)(F)F)NCc1ccccc1CO. The zero-order valence-electron chi connectivity index (χ0n) is 10.9. The van der Waals surface area contributed by atoms with Crippen LogP contribution >= 0.6 is 0 Å². The molecule has 118 valence electrons. The molecule has 2 amide bonds. The minimum absolute atomic E-state index is 0.130. The maximum Gasteiger partial charge on any atom is 0.471 e. The lowest BCUT2D eigenvalue weighted by Gasteiger charge is -2.10. The quantitative estimate of drug-likeness (QED) is 0.737. The molecule has 1 rings (SSSR count). The van der Waals surface area contributed by atoms with Crippen molar-refractivity contribution in [1.29, 1.82) is 0 Å². The summed E-state index contributed by atoms with van der Waals surface area (Å²) in [7, 11) is -2.97. The van der Waals surface area contributed by atoms with Crippen LogP contribution in [0.2, 0.25) is 0 Å². The molecule has 9 heteroatoms. The van der Waals surface area contributed by atoms with Crippen LogP contribution in [-0.4, -0.2) is 33.2 Å². The van der Waals surface area contributed by atoms with Gasteiger partial charge in [-0.15, -0.1) is 0 Å². The first-order valence-corrected chi connectivity index (χ1v) is 7.31. The summed E-state index contributed by atoms with van der Waals surface area (Å²) in [5.74, 6) is -0.690. The van der Waals surface area contributed by atoms with Gasteiger partial charge >= 0.3 is 11.5 Å². The Morgan fingerprint density at radius 3 is 2.38 bits per heavy atom. The number of carbonyl (C=O) groups is 1. The van der Waals surface area contributed by atoms with Crippen molar-refractivity contribution in [2.75, 3.05) is 12.3 Å². The molecular formula is C12H15F3N2O3S. The van der Waals surface area contributed by atoms with Crippen LogP contribution in [0, 0.1) is 0 Å². The van der Waals surface area contributed by atoms with E-state index in [0.29, 0.717) is 11.1 Å². The average Bonchev–Trinajstić information content (AvgIpc) is 2.44. The van der Waals surface area contributed by atoms with E-state index >= 15 is 0 Å². The molecule has 1 unspecified atom stereocenters. The van der Waals surface area contributed by atoms with Crippen molar-refractivity contribution in [2.24, 2.45) is 0 Å². The van der Waals surface area contributed by atoms with E-state index in [1.54, 1.807) is 24.3 Å². The molecular weight excluding hydrogens is 309 g/mol. The summed E-state index contributed by atoms with van der Waals surface area (Å²) in [5, 5.41) is 13.7. The van der Waals surface area contributed by atoms with Crippen molar-refractivity contribution in [3.8, 4) is 0 Å². The van der Waals surface area contributed by atoms with Crippen LogP contribution in [-0.2, 0) is 24.0 Å². The maximum absolute atomic E-state index is 12.0. The number of nitrogens with one attached hydrogen (secondary N) is 2. The Morgan fingerprint density at radius 1 is 1.19 bits per heavy atom. The van der Waals surface area contributed by atoms with Crippen molar-refractivity contribution in [2.45, 2.75) is 18.7 Å². The second kappa shape index (κ2) is 7.99. The Balaban J connectivity index is 2.33. The lowest BCUT2D eigenvalue weighted by molar-refractivity contribution is -0.0384. The van der Waals surface area contributed by atoms with Gasteiger partial charge in [0.05, 0.1) is 6.61 Å². The number of urea groups is 1. The Hall–Kier alpha value is -1.61. The third-order valence-electron chi connectivity index (χ3n) is 2.56. The molecule has 1 atom stereocenters. The number of carbonyl (C=O) groups excluding carboxylic acids is 1. The van der Waals surface area contributed by atoms with E-state index < -0.39 is 28.1 Å². The molecule has 0 aliphatic rings. The van der Waals surface area contributed by atoms with Gasteiger partial charge in [-0.2, -0.15) is 13.2 Å². The number of alkyl halides is 3. The summed E-state index contributed by atoms with van der Waals surface area (Å²) in [6.45, 7) is -0.394. The van der Waals surface area contributed by atoms with Crippen LogP contribution in [0.4, 0.5) is 18.0 Å². The predicted molar refractivity (Wildman–Crippen MR) is 71.7 cm³/mol. The van der Waals surface area contributed by atoms with Gasteiger partial charge in [0.2, 0.25) is 0 Å². The molecule has 1 aromatic carbocycles. The summed E-state index contributed by atoms with van der Waals surface area (Å²) in [5.41, 5.74) is -3.41. The van der Waals surface area contributed by atoms with Crippen LogP contribution in [0.25, 0.3) is 0 Å². The first-order chi connectivity index (χ1) is 9.84. The molecule has 1 aromatic rings. The number of amides is 2. The fraction of sp³-hybridized carbons (Fsp3) is 0.417. The highest BCUT2D eigenvalue weighted by Crippen LogP contribution is 2.19. The van der Waals surface area contributed by atoms with E-state index in [0.717, 1.165) is 0 Å². The highest BCUT2D eigenvalue weighted by Gasteiger charge is 2.36. The molecule has 0 aromatic heterocycles. The summed E-state index contributed by atoms with van der Waals surface area (Å²) < 4.78 is 46.6. The molecule has 0 saturated carbocycles.